The number of hydrogen-bond donors (Lipinski definition) is 2. The Morgan fingerprint density at radius 3 is 2.29 bits per heavy atom. The number of hydrogen-bond acceptors (Lipinski definition) is 6. The van der Waals surface area contributed by atoms with Gasteiger partial charge in [-0.15, -0.1) is 0 Å². The van der Waals surface area contributed by atoms with E-state index in [2.05, 4.69) is 5.32 Å². The lowest BCUT2D eigenvalue weighted by molar-refractivity contribution is -0.0440. The van der Waals surface area contributed by atoms with Crippen LogP contribution < -0.4 is 5.32 Å². The van der Waals surface area contributed by atoms with E-state index in [1.165, 1.54) is 40.7 Å². The molecule has 1 saturated heterocycles. The summed E-state index contributed by atoms with van der Waals surface area (Å²) < 4.78 is 32.8. The fourth-order valence-electron chi connectivity index (χ4n) is 3.35. The van der Waals surface area contributed by atoms with Gasteiger partial charge in [0.2, 0.25) is 10.0 Å². The van der Waals surface area contributed by atoms with Gasteiger partial charge in [-0.05, 0) is 56.3 Å². The maximum Gasteiger partial charge on any atom is 0.337 e. The van der Waals surface area contributed by atoms with Gasteiger partial charge in [0.25, 0.3) is 5.91 Å². The van der Waals surface area contributed by atoms with Crippen molar-refractivity contribution in [1.29, 1.82) is 5.26 Å². The highest BCUT2D eigenvalue weighted by Gasteiger charge is 2.32. The molecule has 0 spiro atoms. The Kier molecular flexibility index (Phi) is 6.40. The van der Waals surface area contributed by atoms with Crippen LogP contribution in [0.3, 0.4) is 0 Å². The van der Waals surface area contributed by atoms with E-state index in [9.17, 15) is 23.1 Å². The molecule has 0 aromatic heterocycles. The molecule has 2 N–H and O–H groups in total. The number of carbonyl (C=O) groups excluding carboxylic acids is 1. The highest BCUT2D eigenvalue weighted by Crippen LogP contribution is 2.23. The minimum Gasteiger partial charge on any atom is -0.478 e. The molecule has 1 aliphatic rings. The van der Waals surface area contributed by atoms with E-state index in [-0.39, 0.29) is 52.6 Å². The topological polar surface area (TPSA) is 137 Å². The van der Waals surface area contributed by atoms with Crippen molar-refractivity contribution < 1.29 is 27.9 Å². The number of carboxylic acid groups (broad SMARTS) is 1. The number of nitrogens with one attached hydrogen (secondary N) is 1. The summed E-state index contributed by atoms with van der Waals surface area (Å²) in [4.78, 5) is 24.0. The highest BCUT2D eigenvalue weighted by atomic mass is 32.2. The van der Waals surface area contributed by atoms with Crippen LogP contribution in [0.5, 0.6) is 0 Å². The fraction of sp³-hybridized carbons (Fsp3) is 0.286. The number of rotatable bonds is 5. The lowest BCUT2D eigenvalue weighted by Crippen LogP contribution is -2.48. The van der Waals surface area contributed by atoms with E-state index in [1.807, 2.05) is 6.07 Å². The predicted molar refractivity (Wildman–Crippen MR) is 111 cm³/mol. The van der Waals surface area contributed by atoms with Gasteiger partial charge >= 0.3 is 5.97 Å². The third kappa shape index (κ3) is 4.91. The standard InChI is InChI=1S/C21H21N3O6S/c1-13-11-24(12-14(2)30-13)31(28,29)17-6-4-16(5-7-17)20(25)23-19-8-3-15(10-22)9-18(19)21(26)27/h3-9,13-14H,11-12H2,1-2H3,(H,23,25)(H,26,27). The van der Waals surface area contributed by atoms with Crippen molar-refractivity contribution in [2.45, 2.75) is 31.0 Å². The number of morpholine rings is 1. The third-order valence-corrected chi connectivity index (χ3v) is 6.61. The fourth-order valence-corrected chi connectivity index (χ4v) is 4.94. The van der Waals surface area contributed by atoms with Gasteiger partial charge in [0.1, 0.15) is 0 Å². The number of amides is 1. The molecule has 0 aliphatic carbocycles. The lowest BCUT2D eigenvalue weighted by atomic mass is 10.1. The number of anilines is 1. The molecule has 2 atom stereocenters. The van der Waals surface area contributed by atoms with Crippen LogP contribution in [-0.2, 0) is 14.8 Å². The summed E-state index contributed by atoms with van der Waals surface area (Å²) in [5.74, 6) is -1.90. The molecule has 10 heteroatoms. The van der Waals surface area contributed by atoms with Crippen LogP contribution in [0.2, 0.25) is 0 Å². The normalized spacial score (nSPS) is 19.4. The molecule has 0 saturated carbocycles. The van der Waals surface area contributed by atoms with E-state index >= 15 is 0 Å². The number of aromatic carboxylic acids is 1. The Morgan fingerprint density at radius 1 is 1.13 bits per heavy atom. The molecule has 9 nitrogen and oxygen atoms in total. The number of nitriles is 1. The molecular formula is C21H21N3O6S. The number of carboxylic acids is 1. The predicted octanol–water partition coefficient (Wildman–Crippen LogP) is 2.31. The summed E-state index contributed by atoms with van der Waals surface area (Å²) >= 11 is 0. The zero-order chi connectivity index (χ0) is 22.8. The molecule has 31 heavy (non-hydrogen) atoms. The first-order chi connectivity index (χ1) is 14.6. The monoisotopic (exact) mass is 443 g/mol. The maximum atomic E-state index is 12.9. The molecule has 2 aromatic rings. The van der Waals surface area contributed by atoms with Crippen molar-refractivity contribution >= 4 is 27.6 Å². The Hall–Kier alpha value is -3.26. The summed E-state index contributed by atoms with van der Waals surface area (Å²) in [6, 6.07) is 11.1. The first-order valence-electron chi connectivity index (χ1n) is 9.46. The molecule has 1 aliphatic heterocycles. The van der Waals surface area contributed by atoms with Gasteiger partial charge in [-0.1, -0.05) is 0 Å². The minimum absolute atomic E-state index is 0.0319. The van der Waals surface area contributed by atoms with Crippen LogP contribution >= 0.6 is 0 Å². The molecule has 0 radical (unpaired) electrons. The van der Waals surface area contributed by atoms with Gasteiger partial charge in [-0.25, -0.2) is 13.2 Å². The van der Waals surface area contributed by atoms with Crippen molar-refractivity contribution in [2.75, 3.05) is 18.4 Å². The average Bonchev–Trinajstić information content (AvgIpc) is 2.73. The summed E-state index contributed by atoms with van der Waals surface area (Å²) in [6.07, 6.45) is -0.446. The number of carbonyl (C=O) groups is 2. The van der Waals surface area contributed by atoms with Crippen LogP contribution in [0.25, 0.3) is 0 Å². The van der Waals surface area contributed by atoms with Crippen LogP contribution in [0.15, 0.2) is 47.4 Å². The van der Waals surface area contributed by atoms with E-state index in [1.54, 1.807) is 13.8 Å². The van der Waals surface area contributed by atoms with Gasteiger partial charge in [-0.2, -0.15) is 9.57 Å². The Morgan fingerprint density at radius 2 is 1.74 bits per heavy atom. The van der Waals surface area contributed by atoms with E-state index in [4.69, 9.17) is 10.00 Å². The first-order valence-corrected chi connectivity index (χ1v) is 10.9. The molecule has 2 aromatic carbocycles. The van der Waals surface area contributed by atoms with Crippen molar-refractivity contribution in [3.8, 4) is 6.07 Å². The SMILES string of the molecule is CC1CN(S(=O)(=O)c2ccc(C(=O)Nc3ccc(C#N)cc3C(=O)O)cc2)CC(C)O1. The second-order valence-corrected chi connectivity index (χ2v) is 9.17. The lowest BCUT2D eigenvalue weighted by Gasteiger charge is -2.34. The van der Waals surface area contributed by atoms with Gasteiger partial charge < -0.3 is 15.2 Å². The number of sulfonamides is 1. The zero-order valence-corrected chi connectivity index (χ0v) is 17.7. The van der Waals surface area contributed by atoms with Crippen molar-refractivity contribution in [3.05, 3.63) is 59.2 Å². The molecule has 3 rings (SSSR count). The Balaban J connectivity index is 1.80. The quantitative estimate of drug-likeness (QED) is 0.723. The van der Waals surface area contributed by atoms with Crippen LogP contribution in [0, 0.1) is 11.3 Å². The van der Waals surface area contributed by atoms with E-state index < -0.39 is 21.9 Å². The number of ether oxygens (including phenoxy) is 1. The molecule has 162 valence electrons. The molecule has 1 fully saturated rings. The summed E-state index contributed by atoms with van der Waals surface area (Å²) in [7, 11) is -3.74. The van der Waals surface area contributed by atoms with Gasteiger partial charge in [0.15, 0.2) is 0 Å². The minimum atomic E-state index is -3.74. The van der Waals surface area contributed by atoms with Crippen LogP contribution in [0.1, 0.15) is 40.1 Å². The summed E-state index contributed by atoms with van der Waals surface area (Å²) in [6.45, 7) is 4.09. The number of benzene rings is 2. The second kappa shape index (κ2) is 8.85. The Labute approximate surface area is 179 Å². The third-order valence-electron chi connectivity index (χ3n) is 4.77. The molecular weight excluding hydrogens is 422 g/mol. The summed E-state index contributed by atoms with van der Waals surface area (Å²) in [5.41, 5.74) is 0.117. The van der Waals surface area contributed by atoms with E-state index in [0.717, 1.165) is 6.07 Å². The molecule has 0 bridgehead atoms. The first kappa shape index (κ1) is 22.4. The highest BCUT2D eigenvalue weighted by molar-refractivity contribution is 7.89. The second-order valence-electron chi connectivity index (χ2n) is 7.24. The van der Waals surface area contributed by atoms with Gasteiger partial charge in [0, 0.05) is 18.7 Å². The average molecular weight is 443 g/mol. The van der Waals surface area contributed by atoms with Crippen LogP contribution in [-0.4, -0.2) is 55.0 Å². The molecule has 1 amide bonds. The molecule has 1 heterocycles. The smallest absolute Gasteiger partial charge is 0.337 e. The maximum absolute atomic E-state index is 12.9. The van der Waals surface area contributed by atoms with Gasteiger partial charge in [-0.3, -0.25) is 4.79 Å². The van der Waals surface area contributed by atoms with Crippen molar-refractivity contribution in [3.63, 3.8) is 0 Å². The Bertz CT molecular complexity index is 1140. The van der Waals surface area contributed by atoms with Crippen molar-refractivity contribution in [1.82, 2.24) is 4.31 Å². The van der Waals surface area contributed by atoms with Crippen molar-refractivity contribution in [2.24, 2.45) is 0 Å². The van der Waals surface area contributed by atoms with E-state index in [0.29, 0.717) is 0 Å². The number of nitrogens with zero attached hydrogens (tertiary/aromatic N) is 2. The van der Waals surface area contributed by atoms with Gasteiger partial charge in [0.05, 0.1) is 40.0 Å². The zero-order valence-electron chi connectivity index (χ0n) is 16.9. The summed E-state index contributed by atoms with van der Waals surface area (Å²) in [5, 5.41) is 20.7. The van der Waals surface area contributed by atoms with Crippen LogP contribution in [0.4, 0.5) is 5.69 Å². The largest absolute Gasteiger partial charge is 0.478 e. The molecule has 2 unspecified atom stereocenters.